The Morgan fingerprint density at radius 3 is 2.48 bits per heavy atom. The maximum absolute atomic E-state index is 11.9. The highest BCUT2D eigenvalue weighted by molar-refractivity contribution is 5.85. The lowest BCUT2D eigenvalue weighted by Gasteiger charge is -2.06. The molecule has 144 valence electrons. The number of amides is 1. The molecule has 1 heterocycles. The molecule has 3 rings (SSSR count). The summed E-state index contributed by atoms with van der Waals surface area (Å²) < 4.78 is 0. The molecular weight excluding hydrogens is 360 g/mol. The van der Waals surface area contributed by atoms with Crippen molar-refractivity contribution in [2.75, 3.05) is 6.54 Å². The zero-order chi connectivity index (χ0) is 18.2. The van der Waals surface area contributed by atoms with Crippen molar-refractivity contribution in [1.82, 2.24) is 15.3 Å². The van der Waals surface area contributed by atoms with E-state index >= 15 is 0 Å². The number of carbonyl (C=O) groups is 1. The van der Waals surface area contributed by atoms with Gasteiger partial charge in [0.25, 0.3) is 0 Å². The average molecular weight is 387 g/mol. The van der Waals surface area contributed by atoms with Crippen molar-refractivity contribution in [1.29, 1.82) is 0 Å². The van der Waals surface area contributed by atoms with Crippen molar-refractivity contribution in [3.8, 4) is 11.4 Å². The number of unbranched alkanes of at least 4 members (excludes halogenated alkanes) is 3. The highest BCUT2D eigenvalue weighted by Crippen LogP contribution is 2.20. The summed E-state index contributed by atoms with van der Waals surface area (Å²) in [5.74, 6) is 0.971. The fourth-order valence-corrected chi connectivity index (χ4v) is 2.94. The fraction of sp³-hybridized carbons (Fsp3) is 0.333. The molecule has 0 aliphatic carbocycles. The van der Waals surface area contributed by atoms with Gasteiger partial charge in [0.15, 0.2) is 0 Å². The topological polar surface area (TPSA) is 83.8 Å². The Kier molecular flexibility index (Phi) is 8.30. The summed E-state index contributed by atoms with van der Waals surface area (Å²) in [4.78, 5) is 19.8. The Bertz CT molecular complexity index is 812. The number of benzene rings is 2. The van der Waals surface area contributed by atoms with E-state index in [0.29, 0.717) is 13.0 Å². The maximum Gasteiger partial charge on any atom is 0.220 e. The van der Waals surface area contributed by atoms with Gasteiger partial charge in [-0.25, -0.2) is 4.98 Å². The van der Waals surface area contributed by atoms with Gasteiger partial charge in [-0.1, -0.05) is 49.2 Å². The van der Waals surface area contributed by atoms with Gasteiger partial charge in [-0.05, 0) is 37.1 Å². The molecule has 1 amide bonds. The van der Waals surface area contributed by atoms with Crippen LogP contribution in [0.15, 0.2) is 48.5 Å². The summed E-state index contributed by atoms with van der Waals surface area (Å²) >= 11 is 0. The minimum absolute atomic E-state index is 0. The summed E-state index contributed by atoms with van der Waals surface area (Å²) in [7, 11) is 0. The summed E-state index contributed by atoms with van der Waals surface area (Å²) in [6.07, 6.45) is 4.72. The number of nitrogens with zero attached hydrogens (tertiary/aromatic N) is 1. The molecule has 2 aromatic carbocycles. The number of H-pyrrole nitrogens is 1. The largest absolute Gasteiger partial charge is 0.352 e. The van der Waals surface area contributed by atoms with Gasteiger partial charge in [-0.3, -0.25) is 4.79 Å². The number of aromatic amines is 1. The third-order valence-corrected chi connectivity index (χ3v) is 4.46. The standard InChI is InChI=1S/C21H26N4O.ClH/c22-14-6-2-1-3-9-20(26)23-15-16-10-12-17(13-11-16)21-24-18-7-4-5-8-19(18)25-21;/h4-5,7-8,10-13H,1-3,6,9,14-15,22H2,(H,23,26)(H,24,25);1H. The molecule has 5 nitrogen and oxygen atoms in total. The molecule has 0 aliphatic rings. The van der Waals surface area contributed by atoms with Gasteiger partial charge in [0, 0.05) is 18.5 Å². The number of halogens is 1. The van der Waals surface area contributed by atoms with Crippen LogP contribution < -0.4 is 11.1 Å². The second-order valence-electron chi connectivity index (χ2n) is 6.53. The fourth-order valence-electron chi connectivity index (χ4n) is 2.94. The third kappa shape index (κ3) is 6.08. The molecular formula is C21H27ClN4O. The van der Waals surface area contributed by atoms with E-state index in [1.807, 2.05) is 48.5 Å². The van der Waals surface area contributed by atoms with Crippen molar-refractivity contribution >= 4 is 29.3 Å². The number of hydrogen-bond acceptors (Lipinski definition) is 3. The van der Waals surface area contributed by atoms with Crippen LogP contribution in [-0.2, 0) is 11.3 Å². The van der Waals surface area contributed by atoms with Gasteiger partial charge in [-0.2, -0.15) is 0 Å². The van der Waals surface area contributed by atoms with Gasteiger partial charge >= 0.3 is 0 Å². The number of nitrogens with two attached hydrogens (primary N) is 1. The van der Waals surface area contributed by atoms with Crippen LogP contribution in [0.3, 0.4) is 0 Å². The van der Waals surface area contributed by atoms with Crippen LogP contribution in [-0.4, -0.2) is 22.4 Å². The first kappa shape index (κ1) is 20.9. The predicted octanol–water partition coefficient (Wildman–Crippen LogP) is 4.18. The lowest BCUT2D eigenvalue weighted by atomic mass is 10.1. The number of aromatic nitrogens is 2. The Morgan fingerprint density at radius 2 is 1.74 bits per heavy atom. The summed E-state index contributed by atoms with van der Waals surface area (Å²) in [6.45, 7) is 1.29. The van der Waals surface area contributed by atoms with Crippen LogP contribution in [0.4, 0.5) is 0 Å². The Balaban J connectivity index is 0.00000261. The smallest absolute Gasteiger partial charge is 0.220 e. The molecule has 0 fully saturated rings. The first-order valence-electron chi connectivity index (χ1n) is 9.27. The van der Waals surface area contributed by atoms with E-state index in [2.05, 4.69) is 15.3 Å². The van der Waals surface area contributed by atoms with E-state index in [-0.39, 0.29) is 18.3 Å². The molecule has 0 spiro atoms. The lowest BCUT2D eigenvalue weighted by Crippen LogP contribution is -2.22. The van der Waals surface area contributed by atoms with Crippen molar-refractivity contribution in [2.24, 2.45) is 5.73 Å². The zero-order valence-electron chi connectivity index (χ0n) is 15.4. The molecule has 0 unspecified atom stereocenters. The first-order chi connectivity index (χ1) is 12.8. The number of hydrogen-bond donors (Lipinski definition) is 3. The van der Waals surface area contributed by atoms with E-state index in [0.717, 1.165) is 60.2 Å². The number of para-hydroxylation sites is 2. The monoisotopic (exact) mass is 386 g/mol. The van der Waals surface area contributed by atoms with Crippen LogP contribution in [0.1, 0.15) is 37.7 Å². The third-order valence-electron chi connectivity index (χ3n) is 4.46. The molecule has 4 N–H and O–H groups in total. The van der Waals surface area contributed by atoms with E-state index in [1.54, 1.807) is 0 Å². The predicted molar refractivity (Wildman–Crippen MR) is 113 cm³/mol. The zero-order valence-corrected chi connectivity index (χ0v) is 16.2. The molecule has 1 aromatic heterocycles. The Morgan fingerprint density at radius 1 is 1.00 bits per heavy atom. The quantitative estimate of drug-likeness (QED) is 0.482. The van der Waals surface area contributed by atoms with E-state index in [9.17, 15) is 4.79 Å². The Labute approximate surface area is 166 Å². The van der Waals surface area contributed by atoms with Crippen LogP contribution in [0, 0.1) is 0 Å². The van der Waals surface area contributed by atoms with E-state index in [4.69, 9.17) is 5.73 Å². The van der Waals surface area contributed by atoms with E-state index in [1.165, 1.54) is 0 Å². The number of imidazole rings is 1. The maximum atomic E-state index is 11.9. The van der Waals surface area contributed by atoms with Crippen LogP contribution >= 0.6 is 12.4 Å². The molecule has 6 heteroatoms. The number of carbonyl (C=O) groups excluding carboxylic acids is 1. The minimum Gasteiger partial charge on any atom is -0.352 e. The average Bonchev–Trinajstić information content (AvgIpc) is 3.11. The van der Waals surface area contributed by atoms with Crippen molar-refractivity contribution < 1.29 is 4.79 Å². The van der Waals surface area contributed by atoms with Crippen LogP contribution in [0.2, 0.25) is 0 Å². The first-order valence-corrected chi connectivity index (χ1v) is 9.27. The molecule has 0 aliphatic heterocycles. The normalized spacial score (nSPS) is 10.6. The molecule has 0 saturated carbocycles. The number of nitrogens with one attached hydrogen (secondary N) is 2. The highest BCUT2D eigenvalue weighted by atomic mass is 35.5. The van der Waals surface area contributed by atoms with Gasteiger partial charge in [0.05, 0.1) is 11.0 Å². The van der Waals surface area contributed by atoms with Gasteiger partial charge < -0.3 is 16.0 Å². The van der Waals surface area contributed by atoms with Gasteiger partial charge in [0.2, 0.25) is 5.91 Å². The second kappa shape index (κ2) is 10.7. The molecule has 0 bridgehead atoms. The summed E-state index contributed by atoms with van der Waals surface area (Å²) in [5, 5.41) is 2.98. The van der Waals surface area contributed by atoms with Gasteiger partial charge in [-0.15, -0.1) is 12.4 Å². The Hall–Kier alpha value is -2.37. The molecule has 0 atom stereocenters. The SMILES string of the molecule is Cl.NCCCCCCC(=O)NCc1ccc(-c2nc3ccccc3[nH]2)cc1. The highest BCUT2D eigenvalue weighted by Gasteiger charge is 2.05. The molecule has 27 heavy (non-hydrogen) atoms. The van der Waals surface area contributed by atoms with Crippen LogP contribution in [0.25, 0.3) is 22.4 Å². The lowest BCUT2D eigenvalue weighted by molar-refractivity contribution is -0.121. The number of fused-ring (bicyclic) bond motifs is 1. The van der Waals surface area contributed by atoms with Crippen molar-refractivity contribution in [3.05, 3.63) is 54.1 Å². The second-order valence-corrected chi connectivity index (χ2v) is 6.53. The summed E-state index contributed by atoms with van der Waals surface area (Å²) in [6, 6.07) is 16.1. The minimum atomic E-state index is 0. The molecule has 0 saturated heterocycles. The van der Waals surface area contributed by atoms with Crippen molar-refractivity contribution in [3.63, 3.8) is 0 Å². The van der Waals surface area contributed by atoms with E-state index < -0.39 is 0 Å². The number of rotatable bonds is 9. The summed E-state index contributed by atoms with van der Waals surface area (Å²) in [5.41, 5.74) is 9.58. The van der Waals surface area contributed by atoms with Gasteiger partial charge in [0.1, 0.15) is 5.82 Å². The molecule has 0 radical (unpaired) electrons. The molecule has 3 aromatic rings. The van der Waals surface area contributed by atoms with Crippen molar-refractivity contribution in [2.45, 2.75) is 38.6 Å². The van der Waals surface area contributed by atoms with Crippen LogP contribution in [0.5, 0.6) is 0 Å².